The molecule has 0 amide bonds. The molecule has 2 aromatic carbocycles. The predicted octanol–water partition coefficient (Wildman–Crippen LogP) is 0.492. The van der Waals surface area contributed by atoms with E-state index in [-0.39, 0.29) is 4.90 Å². The zero-order chi connectivity index (χ0) is 15.8. The largest absolute Gasteiger partial charge is 0.336 e. The van der Waals surface area contributed by atoms with Crippen molar-refractivity contribution in [2.45, 2.75) is 11.3 Å². The number of benzene rings is 2. The van der Waals surface area contributed by atoms with Crippen LogP contribution in [0.25, 0.3) is 0 Å². The van der Waals surface area contributed by atoms with Crippen molar-refractivity contribution >= 4 is 10.0 Å². The maximum Gasteiger partial charge on any atom is 0.238 e. The molecule has 4 N–H and O–H groups in total. The standard InChI is InChI=1S/C17H18N2O2S/c18-22(20,21)17-10-8-16(9-11-17)12-14-19-13-4-7-15-5-2-1-3-6-15/h1-3,5-6,8-11,19H,12-14H2,(H2,18,20,21)/p+1. The SMILES string of the molecule is NS(=O)(=O)c1ccc(CC[NH2+]CC#Cc2ccccc2)cc1. The number of hydrogen-bond acceptors (Lipinski definition) is 2. The first kappa shape index (κ1) is 16.2. The van der Waals surface area contributed by atoms with Gasteiger partial charge in [0.1, 0.15) is 6.54 Å². The Kier molecular flexibility index (Phi) is 5.73. The van der Waals surface area contributed by atoms with Crippen LogP contribution in [0.4, 0.5) is 0 Å². The van der Waals surface area contributed by atoms with Crippen LogP contribution in [-0.4, -0.2) is 21.5 Å². The monoisotopic (exact) mass is 315 g/mol. The average molecular weight is 315 g/mol. The second kappa shape index (κ2) is 7.76. The van der Waals surface area contributed by atoms with Crippen molar-refractivity contribution in [1.29, 1.82) is 0 Å². The highest BCUT2D eigenvalue weighted by Gasteiger charge is 2.06. The van der Waals surface area contributed by atoms with Gasteiger partial charge in [0.2, 0.25) is 10.0 Å². The number of hydrogen-bond donors (Lipinski definition) is 2. The Morgan fingerprint density at radius 3 is 2.32 bits per heavy atom. The van der Waals surface area contributed by atoms with Gasteiger partial charge in [0.05, 0.1) is 11.4 Å². The molecule has 0 unspecified atom stereocenters. The van der Waals surface area contributed by atoms with Gasteiger partial charge < -0.3 is 5.32 Å². The van der Waals surface area contributed by atoms with Crippen LogP contribution in [-0.2, 0) is 16.4 Å². The maximum absolute atomic E-state index is 11.1. The summed E-state index contributed by atoms with van der Waals surface area (Å²) < 4.78 is 22.3. The van der Waals surface area contributed by atoms with E-state index in [1.54, 1.807) is 24.3 Å². The van der Waals surface area contributed by atoms with Gasteiger partial charge in [-0.2, -0.15) is 0 Å². The molecule has 0 heterocycles. The molecule has 0 saturated carbocycles. The second-order valence-corrected chi connectivity index (χ2v) is 6.45. The van der Waals surface area contributed by atoms with Crippen LogP contribution in [0.1, 0.15) is 11.1 Å². The molecule has 2 aromatic rings. The minimum Gasteiger partial charge on any atom is -0.336 e. The van der Waals surface area contributed by atoms with Gasteiger partial charge in [-0.1, -0.05) is 36.3 Å². The van der Waals surface area contributed by atoms with E-state index in [0.717, 1.165) is 30.6 Å². The molecule has 0 aromatic heterocycles. The lowest BCUT2D eigenvalue weighted by atomic mass is 10.1. The molecule has 0 fully saturated rings. The minimum absolute atomic E-state index is 0.147. The zero-order valence-electron chi connectivity index (χ0n) is 12.2. The van der Waals surface area contributed by atoms with Crippen LogP contribution in [0.5, 0.6) is 0 Å². The van der Waals surface area contributed by atoms with Crippen LogP contribution in [0, 0.1) is 11.8 Å². The highest BCUT2D eigenvalue weighted by molar-refractivity contribution is 7.89. The Morgan fingerprint density at radius 2 is 1.68 bits per heavy atom. The lowest BCUT2D eigenvalue weighted by Crippen LogP contribution is -2.84. The van der Waals surface area contributed by atoms with Crippen molar-refractivity contribution in [2.24, 2.45) is 5.14 Å². The summed E-state index contributed by atoms with van der Waals surface area (Å²) in [6.45, 7) is 1.64. The van der Waals surface area contributed by atoms with E-state index in [1.165, 1.54) is 0 Å². The Morgan fingerprint density at radius 1 is 1.00 bits per heavy atom. The van der Waals surface area contributed by atoms with Gasteiger partial charge >= 0.3 is 0 Å². The fourth-order valence-corrected chi connectivity index (χ4v) is 2.48. The second-order valence-electron chi connectivity index (χ2n) is 4.89. The van der Waals surface area contributed by atoms with Crippen molar-refractivity contribution in [3.05, 3.63) is 65.7 Å². The predicted molar refractivity (Wildman–Crippen MR) is 86.5 cm³/mol. The molecular formula is C17H19N2O2S+. The highest BCUT2D eigenvalue weighted by atomic mass is 32.2. The molecule has 0 aliphatic rings. The summed E-state index contributed by atoms with van der Waals surface area (Å²) in [6.07, 6.45) is 0.859. The smallest absolute Gasteiger partial charge is 0.238 e. The van der Waals surface area contributed by atoms with Crippen LogP contribution in [0.2, 0.25) is 0 Å². The molecule has 2 rings (SSSR count). The summed E-state index contributed by atoms with van der Waals surface area (Å²) in [4.78, 5) is 0.147. The van der Waals surface area contributed by atoms with E-state index >= 15 is 0 Å². The first-order chi connectivity index (χ1) is 10.6. The summed E-state index contributed by atoms with van der Waals surface area (Å²) in [5, 5.41) is 7.19. The van der Waals surface area contributed by atoms with Gasteiger partial charge in [0, 0.05) is 12.0 Å². The van der Waals surface area contributed by atoms with Crippen LogP contribution >= 0.6 is 0 Å². The van der Waals surface area contributed by atoms with Crippen molar-refractivity contribution < 1.29 is 13.7 Å². The Bertz CT molecular complexity index is 758. The third-order valence-corrected chi connectivity index (χ3v) is 4.07. The maximum atomic E-state index is 11.1. The third-order valence-electron chi connectivity index (χ3n) is 3.14. The molecule has 4 nitrogen and oxygen atoms in total. The first-order valence-electron chi connectivity index (χ1n) is 7.03. The average Bonchev–Trinajstić information content (AvgIpc) is 2.51. The lowest BCUT2D eigenvalue weighted by Gasteiger charge is -2.01. The minimum atomic E-state index is -3.60. The van der Waals surface area contributed by atoms with Gasteiger partial charge in [0.25, 0.3) is 0 Å². The Labute approximate surface area is 131 Å². The number of rotatable bonds is 5. The fourth-order valence-electron chi connectivity index (χ4n) is 1.96. The molecule has 0 aliphatic carbocycles. The first-order valence-corrected chi connectivity index (χ1v) is 8.58. The quantitative estimate of drug-likeness (QED) is 0.622. The van der Waals surface area contributed by atoms with Crippen LogP contribution < -0.4 is 10.5 Å². The highest BCUT2D eigenvalue weighted by Crippen LogP contribution is 2.08. The summed E-state index contributed by atoms with van der Waals surface area (Å²) in [5.74, 6) is 6.22. The van der Waals surface area contributed by atoms with Crippen LogP contribution in [0.15, 0.2) is 59.5 Å². The molecule has 0 atom stereocenters. The van der Waals surface area contributed by atoms with E-state index in [0.29, 0.717) is 0 Å². The fraction of sp³-hybridized carbons (Fsp3) is 0.176. The summed E-state index contributed by atoms with van der Waals surface area (Å²) >= 11 is 0. The molecule has 0 aliphatic heterocycles. The van der Waals surface area contributed by atoms with Crippen molar-refractivity contribution in [1.82, 2.24) is 0 Å². The summed E-state index contributed by atoms with van der Waals surface area (Å²) in [5.41, 5.74) is 2.11. The number of quaternary nitrogens is 1. The van der Waals surface area contributed by atoms with Crippen molar-refractivity contribution in [3.8, 4) is 11.8 Å². The number of nitrogens with two attached hydrogens (primary N) is 2. The van der Waals surface area contributed by atoms with Crippen molar-refractivity contribution in [3.63, 3.8) is 0 Å². The zero-order valence-corrected chi connectivity index (χ0v) is 13.0. The van der Waals surface area contributed by atoms with Gasteiger partial charge in [-0.15, -0.1) is 0 Å². The van der Waals surface area contributed by atoms with E-state index in [9.17, 15) is 8.42 Å². The normalized spacial score (nSPS) is 10.8. The van der Waals surface area contributed by atoms with Gasteiger partial charge in [-0.05, 0) is 35.7 Å². The summed E-state index contributed by atoms with van der Waals surface area (Å²) in [7, 11) is -3.60. The molecule has 0 bridgehead atoms. The Balaban J connectivity index is 1.74. The Hall–Kier alpha value is -2.13. The van der Waals surface area contributed by atoms with Gasteiger partial charge in [-0.3, -0.25) is 0 Å². The topological polar surface area (TPSA) is 76.8 Å². The molecule has 5 heteroatoms. The molecule has 114 valence electrons. The third kappa shape index (κ3) is 5.34. The van der Waals surface area contributed by atoms with Gasteiger partial charge in [-0.25, -0.2) is 13.6 Å². The number of sulfonamides is 1. The van der Waals surface area contributed by atoms with E-state index in [4.69, 9.17) is 5.14 Å². The molecular weight excluding hydrogens is 296 g/mol. The molecule has 0 radical (unpaired) electrons. The molecule has 22 heavy (non-hydrogen) atoms. The summed E-state index contributed by atoms with van der Waals surface area (Å²) in [6, 6.07) is 16.6. The van der Waals surface area contributed by atoms with Crippen LogP contribution in [0.3, 0.4) is 0 Å². The van der Waals surface area contributed by atoms with E-state index in [1.807, 2.05) is 30.3 Å². The number of primary sulfonamides is 1. The van der Waals surface area contributed by atoms with Crippen molar-refractivity contribution in [2.75, 3.05) is 13.1 Å². The van der Waals surface area contributed by atoms with E-state index in [2.05, 4.69) is 17.2 Å². The molecule has 0 spiro atoms. The lowest BCUT2D eigenvalue weighted by molar-refractivity contribution is -0.643. The molecule has 0 saturated heterocycles. The van der Waals surface area contributed by atoms with Gasteiger partial charge in [0.15, 0.2) is 0 Å². The van der Waals surface area contributed by atoms with E-state index < -0.39 is 10.0 Å².